The standard InChI is InChI=1S/C22H38N4S/c1-7-19(3)22(4,5)16-20(17-24-6)26-18-21(23)27-15-13-11-9-10-12-14-25-8-2/h8,13,15,23,25H,2-3,6-7,9-12,14,16-18H2,1,4-5H3/b15-13+,23-21?,26-20?. The van der Waals surface area contributed by atoms with Crippen molar-refractivity contribution in [3.63, 3.8) is 0 Å². The first-order valence-electron chi connectivity index (χ1n) is 9.73. The zero-order chi connectivity index (χ0) is 20.5. The van der Waals surface area contributed by atoms with Crippen LogP contribution in [0, 0.1) is 10.8 Å². The van der Waals surface area contributed by atoms with E-state index in [-0.39, 0.29) is 5.41 Å². The molecule has 0 rings (SSSR count). The molecule has 0 spiro atoms. The third kappa shape index (κ3) is 13.2. The lowest BCUT2D eigenvalue weighted by atomic mass is 9.79. The van der Waals surface area contributed by atoms with Crippen molar-refractivity contribution in [1.82, 2.24) is 5.32 Å². The average molecular weight is 391 g/mol. The van der Waals surface area contributed by atoms with E-state index in [9.17, 15) is 0 Å². The van der Waals surface area contributed by atoms with E-state index in [1.807, 2.05) is 5.41 Å². The summed E-state index contributed by atoms with van der Waals surface area (Å²) < 4.78 is 0. The lowest BCUT2D eigenvalue weighted by Gasteiger charge is -2.27. The van der Waals surface area contributed by atoms with E-state index in [2.05, 4.69) is 62.0 Å². The highest BCUT2D eigenvalue weighted by Gasteiger charge is 2.22. The van der Waals surface area contributed by atoms with E-state index < -0.39 is 0 Å². The molecule has 0 aliphatic heterocycles. The van der Waals surface area contributed by atoms with Crippen LogP contribution in [0.1, 0.15) is 59.3 Å². The molecule has 0 bridgehead atoms. The van der Waals surface area contributed by atoms with Crippen LogP contribution in [0.5, 0.6) is 0 Å². The van der Waals surface area contributed by atoms with Gasteiger partial charge in [0.05, 0.1) is 18.1 Å². The first-order chi connectivity index (χ1) is 12.9. The Hall–Kier alpha value is -1.62. The van der Waals surface area contributed by atoms with Gasteiger partial charge in [0.2, 0.25) is 0 Å². The highest BCUT2D eigenvalue weighted by molar-refractivity contribution is 8.16. The molecular formula is C22H38N4S. The second-order valence-electron chi connectivity index (χ2n) is 7.20. The second kappa shape index (κ2) is 15.4. The van der Waals surface area contributed by atoms with Crippen molar-refractivity contribution < 1.29 is 0 Å². The summed E-state index contributed by atoms with van der Waals surface area (Å²) in [5.41, 5.74) is 2.20. The van der Waals surface area contributed by atoms with E-state index in [1.54, 1.807) is 6.20 Å². The van der Waals surface area contributed by atoms with Gasteiger partial charge in [-0.1, -0.05) is 63.8 Å². The number of aliphatic imine (C=N–C) groups is 2. The van der Waals surface area contributed by atoms with Gasteiger partial charge in [0.15, 0.2) is 0 Å². The zero-order valence-electron chi connectivity index (χ0n) is 17.5. The van der Waals surface area contributed by atoms with Crippen molar-refractivity contribution in [2.75, 3.05) is 19.6 Å². The molecule has 5 heteroatoms. The Labute approximate surface area is 170 Å². The number of allylic oxidation sites excluding steroid dienone is 2. The number of nitrogens with zero attached hydrogens (tertiary/aromatic N) is 2. The number of unbranched alkanes of at least 4 members (excludes halogenated alkanes) is 3. The van der Waals surface area contributed by atoms with Gasteiger partial charge in [-0.3, -0.25) is 15.4 Å². The highest BCUT2D eigenvalue weighted by atomic mass is 32.2. The first-order valence-corrected chi connectivity index (χ1v) is 10.6. The zero-order valence-corrected chi connectivity index (χ0v) is 18.3. The summed E-state index contributed by atoms with van der Waals surface area (Å²) in [5.74, 6) is 0. The third-order valence-corrected chi connectivity index (χ3v) is 5.16. The van der Waals surface area contributed by atoms with Crippen molar-refractivity contribution in [2.24, 2.45) is 15.4 Å². The minimum atomic E-state index is -0.00526. The van der Waals surface area contributed by atoms with Crippen LogP contribution in [0.15, 0.2) is 46.4 Å². The molecule has 0 aromatic rings. The number of rotatable bonds is 16. The van der Waals surface area contributed by atoms with Crippen LogP contribution in [0.25, 0.3) is 0 Å². The van der Waals surface area contributed by atoms with Crippen LogP contribution in [-0.4, -0.2) is 37.1 Å². The van der Waals surface area contributed by atoms with Crippen LogP contribution in [0.4, 0.5) is 0 Å². The molecule has 0 saturated heterocycles. The van der Waals surface area contributed by atoms with Crippen molar-refractivity contribution in [3.05, 3.63) is 36.4 Å². The van der Waals surface area contributed by atoms with Gasteiger partial charge in [0.25, 0.3) is 0 Å². The van der Waals surface area contributed by atoms with Gasteiger partial charge in [0, 0.05) is 12.3 Å². The van der Waals surface area contributed by atoms with E-state index >= 15 is 0 Å². The monoisotopic (exact) mass is 390 g/mol. The quantitative estimate of drug-likeness (QED) is 0.146. The van der Waals surface area contributed by atoms with Crippen LogP contribution in [0.2, 0.25) is 0 Å². The van der Waals surface area contributed by atoms with Gasteiger partial charge in [0.1, 0.15) is 0 Å². The third-order valence-electron chi connectivity index (χ3n) is 4.41. The Morgan fingerprint density at radius 2 is 1.96 bits per heavy atom. The predicted octanol–water partition coefficient (Wildman–Crippen LogP) is 6.03. The lowest BCUT2D eigenvalue weighted by Crippen LogP contribution is -2.21. The van der Waals surface area contributed by atoms with Crippen LogP contribution < -0.4 is 5.32 Å². The molecule has 152 valence electrons. The summed E-state index contributed by atoms with van der Waals surface area (Å²) in [6, 6.07) is 0. The van der Waals surface area contributed by atoms with Crippen LogP contribution >= 0.6 is 11.8 Å². The topological polar surface area (TPSA) is 60.6 Å². The summed E-state index contributed by atoms with van der Waals surface area (Å²) in [6.07, 6.45) is 10.2. The number of hydrogen-bond donors (Lipinski definition) is 2. The molecule has 0 saturated carbocycles. The molecule has 0 amide bonds. The molecule has 27 heavy (non-hydrogen) atoms. The molecule has 2 N–H and O–H groups in total. The molecule has 0 aromatic heterocycles. The molecule has 0 heterocycles. The van der Waals surface area contributed by atoms with Gasteiger partial charge < -0.3 is 5.32 Å². The molecular weight excluding hydrogens is 352 g/mol. The largest absolute Gasteiger partial charge is 0.391 e. The fourth-order valence-electron chi connectivity index (χ4n) is 2.59. The summed E-state index contributed by atoms with van der Waals surface area (Å²) in [6.45, 7) is 19.8. The SMILES string of the molecule is C=CNCCCCC/C=C/SC(=N)CN=C(CN=C)CC(C)(C)C(=C)CC. The second-order valence-corrected chi connectivity index (χ2v) is 8.20. The average Bonchev–Trinajstić information content (AvgIpc) is 2.64. The summed E-state index contributed by atoms with van der Waals surface area (Å²) in [5, 5.41) is 13.7. The maximum atomic E-state index is 8.08. The Morgan fingerprint density at radius 1 is 1.22 bits per heavy atom. The van der Waals surface area contributed by atoms with Gasteiger partial charge in [-0.2, -0.15) is 0 Å². The molecule has 0 unspecified atom stereocenters. The summed E-state index contributed by atoms with van der Waals surface area (Å²) in [4.78, 5) is 8.61. The van der Waals surface area contributed by atoms with Crippen LogP contribution in [0.3, 0.4) is 0 Å². The maximum Gasteiger partial charge on any atom is 0.0898 e. The normalized spacial score (nSPS) is 12.2. The highest BCUT2D eigenvalue weighted by Crippen LogP contribution is 2.31. The smallest absolute Gasteiger partial charge is 0.0898 e. The van der Waals surface area contributed by atoms with E-state index in [0.29, 0.717) is 18.1 Å². The van der Waals surface area contributed by atoms with E-state index in [1.165, 1.54) is 36.6 Å². The summed E-state index contributed by atoms with van der Waals surface area (Å²) in [7, 11) is 0. The van der Waals surface area contributed by atoms with Crippen molar-refractivity contribution in [1.29, 1.82) is 5.41 Å². The van der Waals surface area contributed by atoms with Crippen LogP contribution in [-0.2, 0) is 0 Å². The van der Waals surface area contributed by atoms with Gasteiger partial charge in [-0.15, -0.1) is 0 Å². The first kappa shape index (κ1) is 25.4. The Kier molecular flexibility index (Phi) is 14.5. The van der Waals surface area contributed by atoms with Crippen molar-refractivity contribution in [3.8, 4) is 0 Å². The molecule has 0 radical (unpaired) electrons. The number of hydrogen-bond acceptors (Lipinski definition) is 5. The number of thioether (sulfide) groups is 1. The Bertz CT molecular complexity index is 532. The number of nitrogens with one attached hydrogen (secondary N) is 2. The molecule has 0 fully saturated rings. The molecule has 4 nitrogen and oxygen atoms in total. The maximum absolute atomic E-state index is 8.08. The van der Waals surface area contributed by atoms with E-state index in [0.717, 1.165) is 31.5 Å². The fraction of sp³-hybridized carbons (Fsp3) is 0.591. The predicted molar refractivity (Wildman–Crippen MR) is 126 cm³/mol. The molecule has 0 aliphatic carbocycles. The molecule has 0 aliphatic rings. The Balaban J connectivity index is 4.27. The van der Waals surface area contributed by atoms with Crippen molar-refractivity contribution >= 4 is 29.2 Å². The van der Waals surface area contributed by atoms with Gasteiger partial charge >= 0.3 is 0 Å². The lowest BCUT2D eigenvalue weighted by molar-refractivity contribution is 0.454. The Morgan fingerprint density at radius 3 is 2.59 bits per heavy atom. The minimum Gasteiger partial charge on any atom is -0.391 e. The molecule has 0 atom stereocenters. The van der Waals surface area contributed by atoms with Gasteiger partial charge in [-0.05, 0) is 55.8 Å². The minimum absolute atomic E-state index is 0.00526. The molecule has 0 aromatic carbocycles. The summed E-state index contributed by atoms with van der Waals surface area (Å²) >= 11 is 1.44. The van der Waals surface area contributed by atoms with E-state index in [4.69, 9.17) is 5.41 Å². The van der Waals surface area contributed by atoms with Crippen molar-refractivity contribution in [2.45, 2.75) is 59.3 Å². The van der Waals surface area contributed by atoms with Gasteiger partial charge in [-0.25, -0.2) is 0 Å². The fourth-order valence-corrected chi connectivity index (χ4v) is 3.13.